The summed E-state index contributed by atoms with van der Waals surface area (Å²) in [4.78, 5) is 0. The molecule has 0 fully saturated rings. The molecule has 0 saturated carbocycles. The number of hydrogen-bond acceptors (Lipinski definition) is 4. The molecule has 5 heteroatoms. The molecule has 0 aromatic carbocycles. The van der Waals surface area contributed by atoms with Crippen molar-refractivity contribution < 1.29 is 5.21 Å². The molecule has 106 valence electrons. The summed E-state index contributed by atoms with van der Waals surface area (Å²) in [6.07, 6.45) is 3.93. The molecule has 2 rings (SSSR count). The van der Waals surface area contributed by atoms with Crippen molar-refractivity contribution in [2.45, 2.75) is 51.7 Å². The zero-order valence-corrected chi connectivity index (χ0v) is 12.8. The predicted molar refractivity (Wildman–Crippen MR) is 80.3 cm³/mol. The second kappa shape index (κ2) is 6.46. The Labute approximate surface area is 119 Å². The van der Waals surface area contributed by atoms with Gasteiger partial charge in [0.25, 0.3) is 0 Å². The Hall–Kier alpha value is -0.970. The minimum absolute atomic E-state index is 0.553. The number of thioether (sulfide) groups is 1. The molecule has 1 aromatic rings. The fourth-order valence-electron chi connectivity index (χ4n) is 2.98. The Kier molecular flexibility index (Phi) is 4.91. The Morgan fingerprint density at radius 1 is 1.47 bits per heavy atom. The van der Waals surface area contributed by atoms with Crippen LogP contribution in [0.3, 0.4) is 0 Å². The largest absolute Gasteiger partial charge is 0.411 e. The highest BCUT2D eigenvalue weighted by Gasteiger charge is 2.29. The lowest BCUT2D eigenvalue weighted by Crippen LogP contribution is -2.23. The predicted octanol–water partition coefficient (Wildman–Crippen LogP) is 3.24. The van der Waals surface area contributed by atoms with Crippen LogP contribution in [0.25, 0.3) is 0 Å². The summed E-state index contributed by atoms with van der Waals surface area (Å²) >= 11 is 2.00. The zero-order chi connectivity index (χ0) is 13.8. The summed E-state index contributed by atoms with van der Waals surface area (Å²) in [5.41, 5.74) is 4.05. The minimum atomic E-state index is 0.553. The summed E-state index contributed by atoms with van der Waals surface area (Å²) in [5.74, 6) is 1.71. The van der Waals surface area contributed by atoms with E-state index in [0.717, 1.165) is 54.1 Å². The van der Waals surface area contributed by atoms with Gasteiger partial charge in [0.1, 0.15) is 0 Å². The van der Waals surface area contributed by atoms with Gasteiger partial charge in [0.05, 0.1) is 11.4 Å². The van der Waals surface area contributed by atoms with Crippen molar-refractivity contribution in [3.05, 3.63) is 17.0 Å². The van der Waals surface area contributed by atoms with Crippen molar-refractivity contribution in [2.75, 3.05) is 5.75 Å². The Morgan fingerprint density at radius 3 is 2.89 bits per heavy atom. The summed E-state index contributed by atoms with van der Waals surface area (Å²) in [6.45, 7) is 6.56. The molecule has 1 aliphatic carbocycles. The number of oxime groups is 1. The van der Waals surface area contributed by atoms with Crippen molar-refractivity contribution in [1.29, 1.82) is 0 Å². The molecule has 0 aliphatic heterocycles. The number of fused-ring (bicyclic) bond motifs is 1. The van der Waals surface area contributed by atoms with Gasteiger partial charge in [-0.15, -0.1) is 0 Å². The van der Waals surface area contributed by atoms with Gasteiger partial charge in [-0.3, -0.25) is 5.10 Å². The van der Waals surface area contributed by atoms with Gasteiger partial charge in [-0.1, -0.05) is 25.9 Å². The van der Waals surface area contributed by atoms with E-state index in [1.807, 2.05) is 11.8 Å². The fraction of sp³-hybridized carbons (Fsp3) is 0.714. The van der Waals surface area contributed by atoms with Gasteiger partial charge in [-0.05, 0) is 37.4 Å². The Bertz CT molecular complexity index is 456. The second-order valence-electron chi connectivity index (χ2n) is 5.20. The molecule has 0 saturated heterocycles. The summed E-state index contributed by atoms with van der Waals surface area (Å²) < 4.78 is 0. The molecular weight excluding hydrogens is 258 g/mol. The fourth-order valence-corrected chi connectivity index (χ4v) is 3.96. The molecule has 0 unspecified atom stereocenters. The molecule has 2 atom stereocenters. The smallest absolute Gasteiger partial charge is 0.0907 e. The average Bonchev–Trinajstić information content (AvgIpc) is 2.81. The summed E-state index contributed by atoms with van der Waals surface area (Å²) in [7, 11) is 0. The van der Waals surface area contributed by atoms with E-state index in [2.05, 4.69) is 36.1 Å². The first-order chi connectivity index (χ1) is 9.19. The monoisotopic (exact) mass is 281 g/mol. The lowest BCUT2D eigenvalue weighted by atomic mass is 9.82. The lowest BCUT2D eigenvalue weighted by molar-refractivity contribution is 0.314. The number of aromatic amines is 1. The van der Waals surface area contributed by atoms with Gasteiger partial charge >= 0.3 is 0 Å². The maximum Gasteiger partial charge on any atom is 0.0907 e. The lowest BCUT2D eigenvalue weighted by Gasteiger charge is -2.25. The van der Waals surface area contributed by atoms with Gasteiger partial charge in [0.2, 0.25) is 0 Å². The Morgan fingerprint density at radius 2 is 2.26 bits per heavy atom. The van der Waals surface area contributed by atoms with Crippen molar-refractivity contribution in [1.82, 2.24) is 10.2 Å². The van der Waals surface area contributed by atoms with E-state index in [0.29, 0.717) is 11.2 Å². The van der Waals surface area contributed by atoms with Crippen LogP contribution in [0.15, 0.2) is 5.16 Å². The molecule has 1 heterocycles. The van der Waals surface area contributed by atoms with Crippen LogP contribution in [0.1, 0.15) is 50.6 Å². The van der Waals surface area contributed by atoms with Crippen LogP contribution in [-0.2, 0) is 12.8 Å². The number of H-pyrrole nitrogens is 1. The highest BCUT2D eigenvalue weighted by atomic mass is 32.2. The van der Waals surface area contributed by atoms with Crippen LogP contribution in [-0.4, -0.2) is 32.1 Å². The third-order valence-corrected chi connectivity index (χ3v) is 4.85. The van der Waals surface area contributed by atoms with Crippen molar-refractivity contribution in [3.8, 4) is 0 Å². The maximum atomic E-state index is 9.27. The van der Waals surface area contributed by atoms with E-state index in [1.54, 1.807) is 0 Å². The van der Waals surface area contributed by atoms with Crippen molar-refractivity contribution in [3.63, 3.8) is 0 Å². The number of nitrogens with one attached hydrogen (secondary N) is 1. The SMILES string of the molecule is CCS[C@@H](C)C[C@@H]1C/C(=N\O)c2c(CC)n[nH]c2C1. The van der Waals surface area contributed by atoms with Crippen LogP contribution in [0.2, 0.25) is 0 Å². The second-order valence-corrected chi connectivity index (χ2v) is 6.92. The van der Waals surface area contributed by atoms with Crippen molar-refractivity contribution in [2.24, 2.45) is 11.1 Å². The van der Waals surface area contributed by atoms with E-state index >= 15 is 0 Å². The van der Waals surface area contributed by atoms with Crippen LogP contribution in [0, 0.1) is 5.92 Å². The van der Waals surface area contributed by atoms with Gasteiger partial charge in [0.15, 0.2) is 0 Å². The molecule has 19 heavy (non-hydrogen) atoms. The van der Waals surface area contributed by atoms with E-state index < -0.39 is 0 Å². The molecule has 0 bridgehead atoms. The first kappa shape index (κ1) is 14.4. The molecule has 1 aromatic heterocycles. The van der Waals surface area contributed by atoms with Crippen LogP contribution >= 0.6 is 11.8 Å². The molecule has 0 radical (unpaired) electrons. The third-order valence-electron chi connectivity index (χ3n) is 3.75. The van der Waals surface area contributed by atoms with E-state index in [1.165, 1.54) is 0 Å². The zero-order valence-electron chi connectivity index (χ0n) is 11.9. The number of aryl methyl sites for hydroxylation is 1. The standard InChI is InChI=1S/C14H23N3OS/c1-4-11-14-12(16-15-11)7-10(8-13(14)17-18)6-9(3)19-5-2/h9-10,18H,4-8H2,1-3H3,(H,15,16)/b17-13+/t9-,10-/m0/s1. The van der Waals surface area contributed by atoms with Gasteiger partial charge in [-0.25, -0.2) is 0 Å². The quantitative estimate of drug-likeness (QED) is 0.643. The highest BCUT2D eigenvalue weighted by Crippen LogP contribution is 2.32. The maximum absolute atomic E-state index is 9.27. The van der Waals surface area contributed by atoms with Crippen molar-refractivity contribution >= 4 is 17.5 Å². The Balaban J connectivity index is 2.14. The number of hydrogen-bond donors (Lipinski definition) is 2. The number of nitrogens with zero attached hydrogens (tertiary/aromatic N) is 2. The van der Waals surface area contributed by atoms with E-state index in [9.17, 15) is 5.21 Å². The van der Waals surface area contributed by atoms with Crippen LogP contribution < -0.4 is 0 Å². The molecule has 0 amide bonds. The third kappa shape index (κ3) is 3.14. The van der Waals surface area contributed by atoms with Crippen LogP contribution in [0.4, 0.5) is 0 Å². The molecule has 0 spiro atoms. The van der Waals surface area contributed by atoms with Gasteiger partial charge in [0, 0.05) is 16.5 Å². The molecular formula is C14H23N3OS. The van der Waals surface area contributed by atoms with Gasteiger partial charge < -0.3 is 5.21 Å². The first-order valence-corrected chi connectivity index (χ1v) is 8.13. The van der Waals surface area contributed by atoms with Gasteiger partial charge in [-0.2, -0.15) is 16.9 Å². The molecule has 2 N–H and O–H groups in total. The number of rotatable bonds is 5. The molecule has 4 nitrogen and oxygen atoms in total. The summed E-state index contributed by atoms with van der Waals surface area (Å²) in [6, 6.07) is 0. The highest BCUT2D eigenvalue weighted by molar-refractivity contribution is 7.99. The first-order valence-electron chi connectivity index (χ1n) is 7.08. The molecule has 1 aliphatic rings. The minimum Gasteiger partial charge on any atom is -0.411 e. The van der Waals surface area contributed by atoms with E-state index in [-0.39, 0.29) is 0 Å². The average molecular weight is 281 g/mol. The normalized spacial score (nSPS) is 22.5. The topological polar surface area (TPSA) is 61.3 Å². The summed E-state index contributed by atoms with van der Waals surface area (Å²) in [5, 5.41) is 20.9. The van der Waals surface area contributed by atoms with Crippen LogP contribution in [0.5, 0.6) is 0 Å². The van der Waals surface area contributed by atoms with E-state index in [4.69, 9.17) is 0 Å². The number of aromatic nitrogens is 2.